The number of Topliss-reactive ketones (excluding diaryl/α,β-unsaturated/α-hetero) is 1. The average Bonchev–Trinajstić information content (AvgIpc) is 3.05. The Bertz CT molecular complexity index is 1020. The predicted octanol–water partition coefficient (Wildman–Crippen LogP) is 3.74. The number of nitrogens with zero attached hydrogens (tertiary/aromatic N) is 3. The molecule has 138 valence electrons. The van der Waals surface area contributed by atoms with Crippen molar-refractivity contribution in [1.82, 2.24) is 14.8 Å². The molecule has 0 N–H and O–H groups in total. The van der Waals surface area contributed by atoms with Crippen LogP contribution in [0.1, 0.15) is 17.7 Å². The summed E-state index contributed by atoms with van der Waals surface area (Å²) in [6.45, 7) is 0.541. The van der Waals surface area contributed by atoms with Gasteiger partial charge < -0.3 is 0 Å². The Morgan fingerprint density at radius 1 is 1.15 bits per heavy atom. The molecule has 3 heterocycles. The average molecular weight is 371 g/mol. The van der Waals surface area contributed by atoms with Crippen molar-refractivity contribution < 1.29 is 18.0 Å². The first-order valence-electron chi connectivity index (χ1n) is 8.64. The summed E-state index contributed by atoms with van der Waals surface area (Å²) in [5.41, 5.74) is 2.17. The van der Waals surface area contributed by atoms with E-state index in [2.05, 4.69) is 10.1 Å². The second-order valence-corrected chi connectivity index (χ2v) is 6.67. The highest BCUT2D eigenvalue weighted by molar-refractivity contribution is 5.84. The maximum atomic E-state index is 14.2. The van der Waals surface area contributed by atoms with Crippen LogP contribution in [-0.4, -0.2) is 20.5 Å². The van der Waals surface area contributed by atoms with Crippen molar-refractivity contribution in [1.29, 1.82) is 0 Å². The fourth-order valence-electron chi connectivity index (χ4n) is 3.54. The molecule has 2 aromatic heterocycles. The maximum absolute atomic E-state index is 14.2. The Hall–Kier alpha value is -2.96. The van der Waals surface area contributed by atoms with Gasteiger partial charge >= 0.3 is 0 Å². The molecule has 1 aliphatic rings. The molecular weight excluding hydrogens is 355 g/mol. The number of hydrogen-bond acceptors (Lipinski definition) is 3. The van der Waals surface area contributed by atoms with Crippen molar-refractivity contribution in [3.8, 4) is 11.1 Å². The maximum Gasteiger partial charge on any atom is 0.213 e. The highest BCUT2D eigenvalue weighted by Crippen LogP contribution is 2.32. The Labute approximate surface area is 153 Å². The molecule has 4 rings (SSSR count). The van der Waals surface area contributed by atoms with Crippen molar-refractivity contribution in [2.24, 2.45) is 5.92 Å². The van der Waals surface area contributed by atoms with Gasteiger partial charge in [0, 0.05) is 48.0 Å². The molecule has 7 heteroatoms. The van der Waals surface area contributed by atoms with Gasteiger partial charge in [-0.2, -0.15) is 9.49 Å². The molecule has 4 nitrogen and oxygen atoms in total. The van der Waals surface area contributed by atoms with E-state index in [0.29, 0.717) is 30.5 Å². The van der Waals surface area contributed by atoms with Crippen LogP contribution in [0.15, 0.2) is 42.7 Å². The molecule has 1 aromatic carbocycles. The molecule has 27 heavy (non-hydrogen) atoms. The van der Waals surface area contributed by atoms with Gasteiger partial charge in [-0.1, -0.05) is 0 Å². The smallest absolute Gasteiger partial charge is 0.213 e. The monoisotopic (exact) mass is 371 g/mol. The Kier molecular flexibility index (Phi) is 4.51. The van der Waals surface area contributed by atoms with Crippen LogP contribution in [0.4, 0.5) is 13.2 Å². The summed E-state index contributed by atoms with van der Waals surface area (Å²) in [4.78, 5) is 16.2. The van der Waals surface area contributed by atoms with Gasteiger partial charge in [0.2, 0.25) is 5.95 Å². The lowest BCUT2D eigenvalue weighted by Crippen LogP contribution is -2.27. The number of benzene rings is 1. The van der Waals surface area contributed by atoms with Crippen LogP contribution in [0.3, 0.4) is 0 Å². The van der Waals surface area contributed by atoms with Gasteiger partial charge in [0.05, 0.1) is 6.20 Å². The van der Waals surface area contributed by atoms with E-state index in [1.165, 1.54) is 24.4 Å². The van der Waals surface area contributed by atoms with E-state index >= 15 is 0 Å². The van der Waals surface area contributed by atoms with Crippen LogP contribution < -0.4 is 0 Å². The van der Waals surface area contributed by atoms with E-state index in [4.69, 9.17) is 0 Å². The van der Waals surface area contributed by atoms with Crippen LogP contribution >= 0.6 is 0 Å². The molecule has 0 bridgehead atoms. The number of carbonyl (C=O) groups excluding carboxylic acids is 1. The molecule has 0 saturated carbocycles. The van der Waals surface area contributed by atoms with E-state index in [1.807, 2.05) is 0 Å². The molecule has 0 aliphatic carbocycles. The first-order chi connectivity index (χ1) is 13.0. The number of aromatic nitrogens is 3. The molecule has 1 unspecified atom stereocenters. The molecule has 0 amide bonds. The molecule has 0 spiro atoms. The van der Waals surface area contributed by atoms with Crippen molar-refractivity contribution in [2.45, 2.75) is 25.8 Å². The summed E-state index contributed by atoms with van der Waals surface area (Å²) in [5, 5.41) is 4.27. The second kappa shape index (κ2) is 6.98. The zero-order chi connectivity index (χ0) is 19.0. The third-order valence-corrected chi connectivity index (χ3v) is 4.92. The summed E-state index contributed by atoms with van der Waals surface area (Å²) < 4.78 is 42.4. The van der Waals surface area contributed by atoms with Gasteiger partial charge in [0.1, 0.15) is 17.4 Å². The number of aryl methyl sites for hydroxylation is 1. The molecule has 3 aromatic rings. The zero-order valence-corrected chi connectivity index (χ0v) is 14.3. The van der Waals surface area contributed by atoms with E-state index in [9.17, 15) is 18.0 Å². The van der Waals surface area contributed by atoms with E-state index in [-0.39, 0.29) is 23.7 Å². The summed E-state index contributed by atoms with van der Waals surface area (Å²) >= 11 is 0. The first-order valence-corrected chi connectivity index (χ1v) is 8.64. The number of carbonyl (C=O) groups is 1. The van der Waals surface area contributed by atoms with Gasteiger partial charge in [-0.25, -0.2) is 13.8 Å². The van der Waals surface area contributed by atoms with Gasteiger partial charge in [0.25, 0.3) is 0 Å². The van der Waals surface area contributed by atoms with Gasteiger partial charge in [-0.3, -0.25) is 9.48 Å². The lowest BCUT2D eigenvalue weighted by Gasteiger charge is -2.23. The highest BCUT2D eigenvalue weighted by Gasteiger charge is 2.28. The van der Waals surface area contributed by atoms with Crippen molar-refractivity contribution in [3.63, 3.8) is 0 Å². The zero-order valence-electron chi connectivity index (χ0n) is 14.3. The van der Waals surface area contributed by atoms with Crippen LogP contribution in [-0.2, 0) is 24.2 Å². The number of pyridine rings is 1. The summed E-state index contributed by atoms with van der Waals surface area (Å²) in [6.07, 6.45) is 4.05. The number of ketones is 1. The highest BCUT2D eigenvalue weighted by atomic mass is 19.1. The Morgan fingerprint density at radius 3 is 2.78 bits per heavy atom. The lowest BCUT2D eigenvalue weighted by molar-refractivity contribution is -0.122. The molecule has 1 aliphatic heterocycles. The predicted molar refractivity (Wildman–Crippen MR) is 92.3 cm³/mol. The van der Waals surface area contributed by atoms with Gasteiger partial charge in [-0.05, 0) is 42.7 Å². The van der Waals surface area contributed by atoms with Crippen molar-refractivity contribution in [2.75, 3.05) is 0 Å². The summed E-state index contributed by atoms with van der Waals surface area (Å²) in [7, 11) is 0. The minimum Gasteiger partial charge on any atom is -0.299 e. The number of halogens is 3. The number of fused-ring (bicyclic) bond motifs is 1. The number of rotatable bonds is 4. The fraction of sp³-hybridized carbons (Fsp3) is 0.250. The fourth-order valence-corrected chi connectivity index (χ4v) is 3.54. The van der Waals surface area contributed by atoms with E-state index < -0.39 is 17.6 Å². The van der Waals surface area contributed by atoms with Crippen LogP contribution in [0.5, 0.6) is 0 Å². The molecular formula is C20H16F3N3O. The van der Waals surface area contributed by atoms with Crippen molar-refractivity contribution in [3.05, 3.63) is 71.6 Å². The standard InChI is InChI=1S/C20H16F3N3O/c21-14-1-2-15(17(22)10-14)16-11-25-26-6-4-13(9-18(16)26)19(27)7-12-3-5-24-20(23)8-12/h1-3,5,8,10-11,13H,4,6-7,9H2. The SMILES string of the molecule is O=C(Cc1ccnc(F)c1)C1CCn2ncc(-c3ccc(F)cc3F)c2C1. The molecule has 1 atom stereocenters. The molecule has 0 fully saturated rings. The van der Waals surface area contributed by atoms with Crippen LogP contribution in [0, 0.1) is 23.5 Å². The summed E-state index contributed by atoms with van der Waals surface area (Å²) in [5.74, 6) is -2.18. The van der Waals surface area contributed by atoms with Crippen molar-refractivity contribution >= 4 is 5.78 Å². The summed E-state index contributed by atoms with van der Waals surface area (Å²) in [6, 6.07) is 6.29. The second-order valence-electron chi connectivity index (χ2n) is 6.67. The van der Waals surface area contributed by atoms with Crippen LogP contribution in [0.25, 0.3) is 11.1 Å². The van der Waals surface area contributed by atoms with Gasteiger partial charge in [-0.15, -0.1) is 0 Å². The topological polar surface area (TPSA) is 47.8 Å². The van der Waals surface area contributed by atoms with Crippen LogP contribution in [0.2, 0.25) is 0 Å². The largest absolute Gasteiger partial charge is 0.299 e. The quantitative estimate of drug-likeness (QED) is 0.657. The lowest BCUT2D eigenvalue weighted by atomic mass is 9.87. The van der Waals surface area contributed by atoms with E-state index in [1.54, 1.807) is 16.9 Å². The third kappa shape index (κ3) is 3.49. The minimum absolute atomic E-state index is 0.00132. The number of hydrogen-bond donors (Lipinski definition) is 0. The first kappa shape index (κ1) is 17.5. The Morgan fingerprint density at radius 2 is 2.00 bits per heavy atom. The third-order valence-electron chi connectivity index (χ3n) is 4.92. The van der Waals surface area contributed by atoms with Gasteiger partial charge in [0.15, 0.2) is 0 Å². The minimum atomic E-state index is -0.661. The Balaban J connectivity index is 1.57. The van der Waals surface area contributed by atoms with E-state index in [0.717, 1.165) is 11.8 Å². The molecule has 0 radical (unpaired) electrons. The normalized spacial score (nSPS) is 16.2. The molecule has 0 saturated heterocycles.